The van der Waals surface area contributed by atoms with Crippen molar-refractivity contribution in [3.05, 3.63) is 71.3 Å². The number of carbonyl (C=O) groups excluding carboxylic acids is 1. The number of aryl methyl sites for hydroxylation is 1. The normalized spacial score (nSPS) is 10.7. The zero-order valence-corrected chi connectivity index (χ0v) is 18.6. The van der Waals surface area contributed by atoms with Crippen LogP contribution in [-0.2, 0) is 24.3 Å². The van der Waals surface area contributed by atoms with E-state index in [4.69, 9.17) is 0 Å². The van der Waals surface area contributed by atoms with Crippen LogP contribution in [0.25, 0.3) is 0 Å². The zero-order valence-electron chi connectivity index (χ0n) is 16.2. The predicted molar refractivity (Wildman–Crippen MR) is 122 cm³/mol. The number of carbonyl (C=O) groups is 1. The third kappa shape index (κ3) is 7.99. The second-order valence-corrected chi connectivity index (χ2v) is 6.27. The molecule has 2 rings (SSSR count). The van der Waals surface area contributed by atoms with Crippen LogP contribution in [0.2, 0.25) is 0 Å². The Morgan fingerprint density at radius 1 is 0.963 bits per heavy atom. The molecule has 27 heavy (non-hydrogen) atoms. The second kappa shape index (κ2) is 12.3. The number of rotatable bonds is 7. The van der Waals surface area contributed by atoms with Crippen molar-refractivity contribution in [3.63, 3.8) is 0 Å². The first kappa shape index (κ1) is 23.0. The zero-order chi connectivity index (χ0) is 18.8. The number of nitrogens with zero attached hydrogens (tertiary/aromatic N) is 2. The molecule has 5 nitrogen and oxygen atoms in total. The van der Waals surface area contributed by atoms with E-state index in [9.17, 15) is 4.79 Å². The van der Waals surface area contributed by atoms with E-state index in [1.165, 1.54) is 11.1 Å². The van der Waals surface area contributed by atoms with Crippen molar-refractivity contribution in [2.24, 2.45) is 4.99 Å². The average molecular weight is 480 g/mol. The molecule has 0 aliphatic rings. The summed E-state index contributed by atoms with van der Waals surface area (Å²) in [4.78, 5) is 18.1. The molecule has 2 aromatic carbocycles. The Kier molecular flexibility index (Phi) is 10.5. The molecule has 0 atom stereocenters. The van der Waals surface area contributed by atoms with Crippen LogP contribution >= 0.6 is 24.0 Å². The minimum Gasteiger partial charge on any atom is -0.352 e. The number of benzene rings is 2. The van der Waals surface area contributed by atoms with E-state index in [0.717, 1.165) is 12.0 Å². The van der Waals surface area contributed by atoms with Crippen molar-refractivity contribution in [2.75, 3.05) is 20.6 Å². The van der Waals surface area contributed by atoms with Gasteiger partial charge in [0.05, 0.1) is 13.1 Å². The van der Waals surface area contributed by atoms with Crippen LogP contribution in [0.4, 0.5) is 0 Å². The smallest absolute Gasteiger partial charge is 0.241 e. The lowest BCUT2D eigenvalue weighted by atomic mass is 10.1. The van der Waals surface area contributed by atoms with Crippen LogP contribution in [-0.4, -0.2) is 37.4 Å². The van der Waals surface area contributed by atoms with Crippen LogP contribution in [0.1, 0.15) is 23.6 Å². The summed E-state index contributed by atoms with van der Waals surface area (Å²) >= 11 is 0. The number of guanidine groups is 1. The van der Waals surface area contributed by atoms with Gasteiger partial charge in [-0.3, -0.25) is 4.79 Å². The standard InChI is InChI=1S/C21H28N4O.HI/c1-4-18-12-8-9-13-19(18)15-23-21(24-16-20(26)25(2)3)22-14-17-10-6-5-7-11-17;/h5-13H,4,14-16H2,1-3H3,(H2,22,23,24);1H. The van der Waals surface area contributed by atoms with Crippen molar-refractivity contribution in [3.8, 4) is 0 Å². The molecule has 0 aliphatic carbocycles. The molecule has 0 heterocycles. The Labute approximate surface area is 179 Å². The van der Waals surface area contributed by atoms with Crippen molar-refractivity contribution >= 4 is 35.8 Å². The van der Waals surface area contributed by atoms with Gasteiger partial charge in [0.2, 0.25) is 5.91 Å². The highest BCUT2D eigenvalue weighted by Crippen LogP contribution is 2.09. The van der Waals surface area contributed by atoms with E-state index in [2.05, 4.69) is 40.7 Å². The van der Waals surface area contributed by atoms with Crippen molar-refractivity contribution in [1.82, 2.24) is 15.5 Å². The minimum absolute atomic E-state index is 0. The fourth-order valence-corrected chi connectivity index (χ4v) is 2.50. The largest absolute Gasteiger partial charge is 0.352 e. The van der Waals surface area contributed by atoms with Gasteiger partial charge in [0.15, 0.2) is 5.96 Å². The fourth-order valence-electron chi connectivity index (χ4n) is 2.50. The van der Waals surface area contributed by atoms with Gasteiger partial charge in [-0.2, -0.15) is 0 Å². The SMILES string of the molecule is CCc1ccccc1CNC(=NCc1ccccc1)NCC(=O)N(C)C.I. The minimum atomic E-state index is 0. The maximum absolute atomic E-state index is 11.9. The van der Waals surface area contributed by atoms with Crippen LogP contribution in [0.15, 0.2) is 59.6 Å². The van der Waals surface area contributed by atoms with E-state index in [0.29, 0.717) is 19.0 Å². The maximum atomic E-state index is 11.9. The van der Waals surface area contributed by atoms with E-state index in [1.807, 2.05) is 36.4 Å². The number of nitrogens with one attached hydrogen (secondary N) is 2. The number of hydrogen-bond acceptors (Lipinski definition) is 2. The monoisotopic (exact) mass is 480 g/mol. The van der Waals surface area contributed by atoms with Gasteiger partial charge in [-0.05, 0) is 23.1 Å². The number of amides is 1. The lowest BCUT2D eigenvalue weighted by Gasteiger charge is -2.16. The molecule has 0 fully saturated rings. The van der Waals surface area contributed by atoms with Gasteiger partial charge >= 0.3 is 0 Å². The van der Waals surface area contributed by atoms with Crippen molar-refractivity contribution in [1.29, 1.82) is 0 Å². The molecule has 0 spiro atoms. The molecule has 0 aliphatic heterocycles. The first-order valence-corrected chi connectivity index (χ1v) is 8.93. The van der Waals surface area contributed by atoms with Gasteiger partial charge < -0.3 is 15.5 Å². The van der Waals surface area contributed by atoms with Crippen LogP contribution in [0.3, 0.4) is 0 Å². The molecule has 1 amide bonds. The van der Waals surface area contributed by atoms with E-state index < -0.39 is 0 Å². The molecule has 0 unspecified atom stereocenters. The highest BCUT2D eigenvalue weighted by Gasteiger charge is 2.07. The number of aliphatic imine (C=N–C) groups is 1. The number of halogens is 1. The molecular formula is C21H29IN4O. The van der Waals surface area contributed by atoms with E-state index in [1.54, 1.807) is 19.0 Å². The predicted octanol–water partition coefficient (Wildman–Crippen LogP) is 3.19. The Hall–Kier alpha value is -2.09. The Balaban J connectivity index is 0.00000364. The van der Waals surface area contributed by atoms with Gasteiger partial charge in [-0.25, -0.2) is 4.99 Å². The fraction of sp³-hybridized carbons (Fsp3) is 0.333. The quantitative estimate of drug-likeness (QED) is 0.364. The first-order chi connectivity index (χ1) is 12.6. The number of hydrogen-bond donors (Lipinski definition) is 2. The third-order valence-corrected chi connectivity index (χ3v) is 4.11. The van der Waals surface area contributed by atoms with Gasteiger partial charge in [0.25, 0.3) is 0 Å². The summed E-state index contributed by atoms with van der Waals surface area (Å²) in [5, 5.41) is 6.47. The molecule has 0 radical (unpaired) electrons. The van der Waals surface area contributed by atoms with Crippen LogP contribution in [0, 0.1) is 0 Å². The second-order valence-electron chi connectivity index (χ2n) is 6.27. The summed E-state index contributed by atoms with van der Waals surface area (Å²) < 4.78 is 0. The first-order valence-electron chi connectivity index (χ1n) is 8.93. The Morgan fingerprint density at radius 3 is 2.22 bits per heavy atom. The Bertz CT molecular complexity index is 732. The third-order valence-electron chi connectivity index (χ3n) is 4.11. The van der Waals surface area contributed by atoms with Gasteiger partial charge in [0.1, 0.15) is 0 Å². The molecule has 0 saturated carbocycles. The summed E-state index contributed by atoms with van der Waals surface area (Å²) in [7, 11) is 3.49. The highest BCUT2D eigenvalue weighted by molar-refractivity contribution is 14.0. The van der Waals surface area contributed by atoms with Gasteiger partial charge in [0, 0.05) is 20.6 Å². The summed E-state index contributed by atoms with van der Waals surface area (Å²) in [6.45, 7) is 3.59. The average Bonchev–Trinajstić information content (AvgIpc) is 2.68. The molecule has 0 saturated heterocycles. The summed E-state index contributed by atoms with van der Waals surface area (Å²) in [6, 6.07) is 18.4. The lowest BCUT2D eigenvalue weighted by Crippen LogP contribution is -2.42. The summed E-state index contributed by atoms with van der Waals surface area (Å²) in [5.41, 5.74) is 3.68. The topological polar surface area (TPSA) is 56.7 Å². The highest BCUT2D eigenvalue weighted by atomic mass is 127. The maximum Gasteiger partial charge on any atom is 0.241 e. The molecule has 6 heteroatoms. The molecule has 2 N–H and O–H groups in total. The summed E-state index contributed by atoms with van der Waals surface area (Å²) in [5.74, 6) is 0.642. The molecular weight excluding hydrogens is 451 g/mol. The number of likely N-dealkylation sites (N-methyl/N-ethyl adjacent to an activating group) is 1. The van der Waals surface area contributed by atoms with E-state index in [-0.39, 0.29) is 36.4 Å². The van der Waals surface area contributed by atoms with Crippen molar-refractivity contribution in [2.45, 2.75) is 26.4 Å². The van der Waals surface area contributed by atoms with Gasteiger partial charge in [-0.1, -0.05) is 61.5 Å². The molecule has 146 valence electrons. The van der Waals surface area contributed by atoms with Gasteiger partial charge in [-0.15, -0.1) is 24.0 Å². The molecule has 0 bridgehead atoms. The van der Waals surface area contributed by atoms with Crippen LogP contribution < -0.4 is 10.6 Å². The van der Waals surface area contributed by atoms with Crippen LogP contribution in [0.5, 0.6) is 0 Å². The molecule has 0 aromatic heterocycles. The lowest BCUT2D eigenvalue weighted by molar-refractivity contribution is -0.127. The van der Waals surface area contributed by atoms with E-state index >= 15 is 0 Å². The summed E-state index contributed by atoms with van der Waals surface area (Å²) in [6.07, 6.45) is 0.987. The molecule has 2 aromatic rings. The van der Waals surface area contributed by atoms with Crippen molar-refractivity contribution < 1.29 is 4.79 Å². The Morgan fingerprint density at radius 2 is 1.59 bits per heavy atom.